The van der Waals surface area contributed by atoms with Crippen molar-refractivity contribution in [3.63, 3.8) is 0 Å². The van der Waals surface area contributed by atoms with E-state index in [0.29, 0.717) is 14.3 Å². The summed E-state index contributed by atoms with van der Waals surface area (Å²) in [5, 5.41) is 13.4. The third kappa shape index (κ3) is 5.46. The molecule has 1 atom stereocenters. The number of hydrogen-bond donors (Lipinski definition) is 1. The molecule has 0 saturated heterocycles. The lowest BCUT2D eigenvalue weighted by molar-refractivity contribution is 0.450. The summed E-state index contributed by atoms with van der Waals surface area (Å²) in [6.45, 7) is 9.33. The van der Waals surface area contributed by atoms with E-state index in [9.17, 15) is 5.11 Å². The van der Waals surface area contributed by atoms with Crippen LogP contribution in [0.4, 0.5) is 11.4 Å². The van der Waals surface area contributed by atoms with E-state index >= 15 is 0 Å². The predicted molar refractivity (Wildman–Crippen MR) is 144 cm³/mol. The molecule has 0 saturated carbocycles. The lowest BCUT2D eigenvalue weighted by Gasteiger charge is -2.27. The van der Waals surface area contributed by atoms with Gasteiger partial charge in [0.05, 0.1) is 0 Å². The van der Waals surface area contributed by atoms with Gasteiger partial charge in [0.2, 0.25) is 0 Å². The Labute approximate surface area is 199 Å². The van der Waals surface area contributed by atoms with E-state index in [1.807, 2.05) is 0 Å². The van der Waals surface area contributed by atoms with Crippen molar-refractivity contribution in [3.05, 3.63) is 114 Å². The molecule has 4 aromatic carbocycles. The van der Waals surface area contributed by atoms with Crippen molar-refractivity contribution in [2.24, 2.45) is 0 Å². The molecule has 0 aliphatic carbocycles. The van der Waals surface area contributed by atoms with Crippen LogP contribution < -0.4 is 15.5 Å². The Morgan fingerprint density at radius 3 is 1.85 bits per heavy atom. The first-order valence-electron chi connectivity index (χ1n) is 11.4. The van der Waals surface area contributed by atoms with Crippen molar-refractivity contribution in [1.82, 2.24) is 0 Å². The quantitative estimate of drug-likeness (QED) is 0.319. The van der Waals surface area contributed by atoms with Gasteiger partial charge in [0, 0.05) is 28.8 Å². The number of aryl methyl sites for hydroxylation is 1. The molecule has 0 heterocycles. The van der Waals surface area contributed by atoms with Crippen LogP contribution in [0.15, 0.2) is 97.1 Å². The smallest absolute Gasteiger partial charge is 0.127 e. The largest absolute Gasteiger partial charge is 0.507 e. The molecule has 33 heavy (non-hydrogen) atoms. The highest BCUT2D eigenvalue weighted by Gasteiger charge is 2.21. The number of phenols is 1. The van der Waals surface area contributed by atoms with E-state index < -0.39 is 0 Å². The van der Waals surface area contributed by atoms with Gasteiger partial charge < -0.3 is 10.0 Å². The monoisotopic (exact) mass is 453 g/mol. The summed E-state index contributed by atoms with van der Waals surface area (Å²) in [5.41, 5.74) is 5.68. The van der Waals surface area contributed by atoms with Gasteiger partial charge in [-0.15, -0.1) is 0 Å². The van der Waals surface area contributed by atoms with Gasteiger partial charge >= 0.3 is 0 Å². The highest BCUT2D eigenvalue weighted by molar-refractivity contribution is 7.55. The molecule has 0 aliphatic rings. The van der Waals surface area contributed by atoms with E-state index in [2.05, 4.69) is 130 Å². The fourth-order valence-corrected chi connectivity index (χ4v) is 5.43. The molecule has 0 fully saturated rings. The number of hydrogen-bond acceptors (Lipinski definition) is 2. The van der Waals surface area contributed by atoms with Gasteiger partial charge in [-0.2, -0.15) is 0 Å². The van der Waals surface area contributed by atoms with Crippen LogP contribution in [0, 0.1) is 6.92 Å². The second-order valence-electron chi connectivity index (χ2n) is 9.50. The van der Waals surface area contributed by atoms with Crippen LogP contribution in [0.2, 0.25) is 0 Å². The van der Waals surface area contributed by atoms with Gasteiger partial charge in [0.25, 0.3) is 0 Å². The number of phenolic OH excluding ortho intramolecular Hbond substituents is 1. The molecule has 1 unspecified atom stereocenters. The Bertz CT molecular complexity index is 1170. The molecule has 0 bridgehead atoms. The Balaban J connectivity index is 1.72. The summed E-state index contributed by atoms with van der Waals surface area (Å²) in [4.78, 5) is 2.35. The van der Waals surface area contributed by atoms with Gasteiger partial charge in [-0.3, -0.25) is 0 Å². The first-order valence-corrected chi connectivity index (χ1v) is 12.4. The molecule has 4 rings (SSSR count). The number of nitrogens with zero attached hydrogens (tertiary/aromatic N) is 1. The number of anilines is 2. The first kappa shape index (κ1) is 23.1. The molecule has 0 aromatic heterocycles. The molecule has 168 valence electrons. The standard InChI is InChI=1S/C30H32NOP/c1-22-19-26(30(2,3)4)29(32)28(20-22)33-27-18-12-11-13-23(27)21-31(24-14-7-5-8-15-24)25-16-9-6-10-17-25/h5-20,32-33H,21H2,1-4H3. The molecule has 0 spiro atoms. The summed E-state index contributed by atoms with van der Waals surface area (Å²) in [7, 11) is 0.384. The molecular weight excluding hydrogens is 421 g/mol. The minimum absolute atomic E-state index is 0.105. The highest BCUT2D eigenvalue weighted by Crippen LogP contribution is 2.34. The Morgan fingerprint density at radius 1 is 0.727 bits per heavy atom. The SMILES string of the molecule is Cc1cc(Pc2ccccc2CN(c2ccccc2)c2ccccc2)c(O)c(C(C)(C)C)c1. The lowest BCUT2D eigenvalue weighted by Crippen LogP contribution is -2.21. The first-order chi connectivity index (χ1) is 15.8. The maximum Gasteiger partial charge on any atom is 0.127 e. The van der Waals surface area contributed by atoms with Crippen molar-refractivity contribution in [3.8, 4) is 5.75 Å². The van der Waals surface area contributed by atoms with E-state index in [0.717, 1.165) is 28.8 Å². The third-order valence-corrected chi connectivity index (χ3v) is 7.22. The van der Waals surface area contributed by atoms with Crippen LogP contribution in [-0.2, 0) is 12.0 Å². The van der Waals surface area contributed by atoms with E-state index in [1.54, 1.807) is 0 Å². The average molecular weight is 454 g/mol. The second kappa shape index (κ2) is 9.81. The van der Waals surface area contributed by atoms with Gasteiger partial charge in [-0.05, 0) is 59.1 Å². The van der Waals surface area contributed by atoms with Crippen LogP contribution in [0.1, 0.15) is 37.5 Å². The summed E-state index contributed by atoms with van der Waals surface area (Å²) in [6.07, 6.45) is 0. The summed E-state index contributed by atoms with van der Waals surface area (Å²) < 4.78 is 0. The number of aromatic hydroxyl groups is 1. The van der Waals surface area contributed by atoms with Crippen LogP contribution in [0.3, 0.4) is 0 Å². The molecule has 0 amide bonds. The van der Waals surface area contributed by atoms with Crippen LogP contribution in [0.5, 0.6) is 5.75 Å². The van der Waals surface area contributed by atoms with Crippen LogP contribution >= 0.6 is 8.58 Å². The molecule has 0 radical (unpaired) electrons. The van der Waals surface area contributed by atoms with Crippen LogP contribution in [-0.4, -0.2) is 5.11 Å². The Hall–Kier alpha value is -3.09. The normalized spacial score (nSPS) is 11.8. The average Bonchev–Trinajstić information content (AvgIpc) is 2.81. The van der Waals surface area contributed by atoms with Crippen molar-refractivity contribution in [2.45, 2.75) is 39.7 Å². The van der Waals surface area contributed by atoms with Crippen molar-refractivity contribution in [2.75, 3.05) is 4.90 Å². The zero-order chi connectivity index (χ0) is 23.4. The van der Waals surface area contributed by atoms with Crippen LogP contribution in [0.25, 0.3) is 0 Å². The van der Waals surface area contributed by atoms with Crippen molar-refractivity contribution < 1.29 is 5.11 Å². The number of rotatable bonds is 6. The summed E-state index contributed by atoms with van der Waals surface area (Å²) >= 11 is 0. The van der Waals surface area contributed by atoms with Crippen molar-refractivity contribution in [1.29, 1.82) is 0 Å². The molecule has 1 N–H and O–H groups in total. The fourth-order valence-electron chi connectivity index (χ4n) is 4.09. The highest BCUT2D eigenvalue weighted by atomic mass is 31.1. The minimum Gasteiger partial charge on any atom is -0.507 e. The topological polar surface area (TPSA) is 23.5 Å². The molecule has 2 nitrogen and oxygen atoms in total. The van der Waals surface area contributed by atoms with E-state index in [4.69, 9.17) is 0 Å². The molecule has 3 heteroatoms. The second-order valence-corrected chi connectivity index (χ2v) is 10.8. The maximum atomic E-state index is 11.1. The van der Waals surface area contributed by atoms with Crippen molar-refractivity contribution >= 4 is 30.6 Å². The maximum absolute atomic E-state index is 11.1. The Kier molecular flexibility index (Phi) is 6.86. The predicted octanol–water partition coefficient (Wildman–Crippen LogP) is 6.97. The lowest BCUT2D eigenvalue weighted by atomic mass is 9.85. The fraction of sp³-hybridized carbons (Fsp3) is 0.200. The number of para-hydroxylation sites is 2. The number of benzene rings is 4. The third-order valence-electron chi connectivity index (χ3n) is 5.81. The zero-order valence-electron chi connectivity index (χ0n) is 19.8. The summed E-state index contributed by atoms with van der Waals surface area (Å²) in [6, 6.07) is 33.9. The summed E-state index contributed by atoms with van der Waals surface area (Å²) in [5.74, 6) is 0.434. The minimum atomic E-state index is -0.105. The molecule has 4 aromatic rings. The molecular formula is C30H32NOP. The molecule has 0 aliphatic heterocycles. The van der Waals surface area contributed by atoms with E-state index in [1.165, 1.54) is 16.4 Å². The van der Waals surface area contributed by atoms with Gasteiger partial charge in [0.1, 0.15) is 5.75 Å². The van der Waals surface area contributed by atoms with Gasteiger partial charge in [-0.25, -0.2) is 0 Å². The van der Waals surface area contributed by atoms with E-state index in [-0.39, 0.29) is 5.41 Å². The zero-order valence-corrected chi connectivity index (χ0v) is 20.8. The van der Waals surface area contributed by atoms with Gasteiger partial charge in [-0.1, -0.05) is 96.1 Å². The van der Waals surface area contributed by atoms with Gasteiger partial charge in [0.15, 0.2) is 0 Å². The Morgan fingerprint density at radius 2 is 1.27 bits per heavy atom.